The minimum Gasteiger partial charge on any atom is -0.464 e. The van der Waals surface area contributed by atoms with Gasteiger partial charge < -0.3 is 9.47 Å². The van der Waals surface area contributed by atoms with Crippen molar-refractivity contribution in [3.05, 3.63) is 107 Å². The van der Waals surface area contributed by atoms with Gasteiger partial charge in [0.05, 0.1) is 13.2 Å². The zero-order chi connectivity index (χ0) is 22.3. The van der Waals surface area contributed by atoms with Crippen molar-refractivity contribution in [3.8, 4) is 0 Å². The number of cyclic esters (lactones) is 1. The van der Waals surface area contributed by atoms with Crippen molar-refractivity contribution in [1.29, 1.82) is 0 Å². The lowest BCUT2D eigenvalue weighted by molar-refractivity contribution is -0.148. The van der Waals surface area contributed by atoms with Gasteiger partial charge >= 0.3 is 11.9 Å². The summed E-state index contributed by atoms with van der Waals surface area (Å²) in [6.45, 7) is 0.660. The second kappa shape index (κ2) is 10.2. The Bertz CT molecular complexity index is 995. The Morgan fingerprint density at radius 3 is 2.03 bits per heavy atom. The van der Waals surface area contributed by atoms with E-state index in [0.29, 0.717) is 13.0 Å². The number of carbonyl (C=O) groups excluding carboxylic acids is 2. The molecule has 3 aromatic carbocycles. The van der Waals surface area contributed by atoms with Crippen molar-refractivity contribution in [3.63, 3.8) is 0 Å². The number of hydrogen-bond donors (Lipinski definition) is 0. The molecule has 1 atom stereocenters. The third-order valence-electron chi connectivity index (χ3n) is 5.80. The van der Waals surface area contributed by atoms with Gasteiger partial charge in [-0.15, -0.1) is 0 Å². The Morgan fingerprint density at radius 1 is 0.938 bits per heavy atom. The number of benzene rings is 3. The summed E-state index contributed by atoms with van der Waals surface area (Å²) in [6, 6.07) is 28.7. The molecule has 5 heteroatoms. The Kier molecular flexibility index (Phi) is 6.97. The van der Waals surface area contributed by atoms with Crippen LogP contribution >= 0.6 is 0 Å². The van der Waals surface area contributed by atoms with Gasteiger partial charge in [0.15, 0.2) is 0 Å². The summed E-state index contributed by atoms with van der Waals surface area (Å²) in [5.74, 6) is -0.501. The van der Waals surface area contributed by atoms with Crippen molar-refractivity contribution in [2.45, 2.75) is 25.0 Å². The predicted molar refractivity (Wildman–Crippen MR) is 122 cm³/mol. The molecule has 0 radical (unpaired) electrons. The van der Waals surface area contributed by atoms with E-state index >= 15 is 0 Å². The molecular weight excluding hydrogens is 402 g/mol. The first-order chi connectivity index (χ1) is 15.6. The Morgan fingerprint density at radius 2 is 1.50 bits per heavy atom. The van der Waals surface area contributed by atoms with Crippen LogP contribution in [0.4, 0.5) is 0 Å². The van der Waals surface area contributed by atoms with E-state index < -0.39 is 0 Å². The quantitative estimate of drug-likeness (QED) is 0.398. The number of hydrogen-bond acceptors (Lipinski definition) is 5. The molecule has 1 saturated heterocycles. The fourth-order valence-electron chi connectivity index (χ4n) is 4.08. The van der Waals surface area contributed by atoms with Crippen LogP contribution in [-0.2, 0) is 25.7 Å². The molecule has 1 aliphatic heterocycles. The van der Waals surface area contributed by atoms with Gasteiger partial charge in [-0.2, -0.15) is 0 Å². The van der Waals surface area contributed by atoms with Crippen LogP contribution in [0.3, 0.4) is 0 Å². The van der Waals surface area contributed by atoms with E-state index in [0.717, 1.165) is 5.56 Å². The molecule has 5 nitrogen and oxygen atoms in total. The highest BCUT2D eigenvalue weighted by Gasteiger charge is 2.31. The zero-order valence-electron chi connectivity index (χ0n) is 18.1. The molecular formula is C27H27NO4. The van der Waals surface area contributed by atoms with Crippen molar-refractivity contribution >= 4 is 11.9 Å². The van der Waals surface area contributed by atoms with Crippen LogP contribution in [0.1, 0.15) is 34.6 Å². The van der Waals surface area contributed by atoms with E-state index in [1.807, 2.05) is 24.3 Å². The van der Waals surface area contributed by atoms with Gasteiger partial charge in [0.25, 0.3) is 0 Å². The fourth-order valence-corrected chi connectivity index (χ4v) is 4.08. The van der Waals surface area contributed by atoms with Gasteiger partial charge in [-0.25, -0.2) is 0 Å². The van der Waals surface area contributed by atoms with Crippen LogP contribution in [0.15, 0.2) is 84.9 Å². The van der Waals surface area contributed by atoms with Gasteiger partial charge in [-0.05, 0) is 29.3 Å². The number of nitrogens with zero attached hydrogens (tertiary/aromatic N) is 1. The molecule has 1 aliphatic rings. The van der Waals surface area contributed by atoms with Crippen molar-refractivity contribution in [1.82, 2.24) is 4.90 Å². The Hall–Kier alpha value is -3.44. The van der Waals surface area contributed by atoms with Crippen LogP contribution in [0, 0.1) is 0 Å². The summed E-state index contributed by atoms with van der Waals surface area (Å²) in [4.78, 5) is 25.6. The van der Waals surface area contributed by atoms with Crippen LogP contribution in [-0.4, -0.2) is 43.1 Å². The van der Waals surface area contributed by atoms with Crippen molar-refractivity contribution in [2.24, 2.45) is 0 Å². The molecule has 32 heavy (non-hydrogen) atoms. The highest BCUT2D eigenvalue weighted by atomic mass is 16.5. The Balaban J connectivity index is 1.40. The smallest absolute Gasteiger partial charge is 0.323 e. The van der Waals surface area contributed by atoms with Crippen LogP contribution in [0.2, 0.25) is 0 Å². The van der Waals surface area contributed by atoms with Gasteiger partial charge in [-0.3, -0.25) is 14.5 Å². The van der Waals surface area contributed by atoms with Gasteiger partial charge in [-0.1, -0.05) is 84.9 Å². The maximum atomic E-state index is 12.2. The third kappa shape index (κ3) is 5.24. The number of esters is 2. The van der Waals surface area contributed by atoms with Gasteiger partial charge in [0, 0.05) is 12.3 Å². The highest BCUT2D eigenvalue weighted by Crippen LogP contribution is 2.31. The van der Waals surface area contributed by atoms with Crippen molar-refractivity contribution in [2.75, 3.05) is 20.2 Å². The summed E-state index contributed by atoms with van der Waals surface area (Å²) in [7, 11) is 1.74. The number of rotatable bonds is 8. The monoisotopic (exact) mass is 429 g/mol. The maximum Gasteiger partial charge on any atom is 0.323 e. The van der Waals surface area contributed by atoms with E-state index in [1.165, 1.54) is 16.7 Å². The zero-order valence-corrected chi connectivity index (χ0v) is 18.1. The predicted octanol–water partition coefficient (Wildman–Crippen LogP) is 4.16. The first-order valence-corrected chi connectivity index (χ1v) is 10.8. The largest absolute Gasteiger partial charge is 0.464 e. The third-order valence-corrected chi connectivity index (χ3v) is 5.80. The Labute approximate surface area is 188 Å². The second-order valence-corrected chi connectivity index (χ2v) is 8.04. The number of likely N-dealkylation sites (N-methyl/N-ethyl adjacent to an activating group) is 1. The summed E-state index contributed by atoms with van der Waals surface area (Å²) >= 11 is 0. The molecule has 0 bridgehead atoms. The molecule has 1 unspecified atom stereocenters. The molecule has 0 aromatic heterocycles. The molecule has 0 saturated carbocycles. The normalized spacial score (nSPS) is 15.7. The lowest BCUT2D eigenvalue weighted by atomic mass is 9.85. The molecule has 0 aliphatic carbocycles. The summed E-state index contributed by atoms with van der Waals surface area (Å²) < 4.78 is 10.4. The van der Waals surface area contributed by atoms with E-state index in [9.17, 15) is 9.59 Å². The summed E-state index contributed by atoms with van der Waals surface area (Å²) in [6.07, 6.45) is 0.605. The molecule has 0 N–H and O–H groups in total. The molecule has 0 amide bonds. The minimum absolute atomic E-state index is 0.0575. The number of ether oxygens (including phenoxy) is 2. The number of carbonyl (C=O) groups is 2. The highest BCUT2D eigenvalue weighted by molar-refractivity contribution is 5.79. The van der Waals surface area contributed by atoms with E-state index in [1.54, 1.807) is 11.9 Å². The maximum absolute atomic E-state index is 12.2. The lowest BCUT2D eigenvalue weighted by Crippen LogP contribution is -2.39. The minimum atomic E-state index is -0.366. The second-order valence-electron chi connectivity index (χ2n) is 8.04. The van der Waals surface area contributed by atoms with Crippen LogP contribution < -0.4 is 0 Å². The molecule has 4 rings (SSSR count). The SMILES string of the molecule is CN(CC(=O)OCc1ccc(C(c2ccccc2)c2ccccc2)cc1)C1CCOC1=O. The van der Waals surface area contributed by atoms with Crippen LogP contribution in [0.5, 0.6) is 0 Å². The first kappa shape index (κ1) is 21.8. The topological polar surface area (TPSA) is 55.8 Å². The summed E-state index contributed by atoms with van der Waals surface area (Å²) in [5, 5.41) is 0. The molecule has 1 heterocycles. The first-order valence-electron chi connectivity index (χ1n) is 10.8. The average Bonchev–Trinajstić information content (AvgIpc) is 3.26. The molecule has 3 aromatic rings. The summed E-state index contributed by atoms with van der Waals surface area (Å²) in [5.41, 5.74) is 4.56. The standard InChI is InChI=1S/C27H27NO4/c1-28(24-16-17-31-27(24)30)18-25(29)32-19-20-12-14-23(15-13-20)26(21-8-4-2-5-9-21)22-10-6-3-7-11-22/h2-15,24,26H,16-19H2,1H3. The molecule has 1 fully saturated rings. The van der Waals surface area contributed by atoms with Gasteiger partial charge in [0.2, 0.25) is 0 Å². The van der Waals surface area contributed by atoms with E-state index in [2.05, 4.69) is 60.7 Å². The lowest BCUT2D eigenvalue weighted by Gasteiger charge is -2.20. The van der Waals surface area contributed by atoms with Crippen LogP contribution in [0.25, 0.3) is 0 Å². The molecule has 0 spiro atoms. The van der Waals surface area contributed by atoms with Gasteiger partial charge in [0.1, 0.15) is 12.6 Å². The average molecular weight is 430 g/mol. The fraction of sp³-hybridized carbons (Fsp3) is 0.259. The van der Waals surface area contributed by atoms with E-state index in [-0.39, 0.29) is 37.0 Å². The van der Waals surface area contributed by atoms with E-state index in [4.69, 9.17) is 9.47 Å². The molecule has 164 valence electrons. The van der Waals surface area contributed by atoms with Crippen molar-refractivity contribution < 1.29 is 19.1 Å².